The van der Waals surface area contributed by atoms with Crippen LogP contribution >= 0.6 is 11.3 Å². The van der Waals surface area contributed by atoms with Gasteiger partial charge in [0.05, 0.1) is 11.4 Å². The van der Waals surface area contributed by atoms with Gasteiger partial charge in [0, 0.05) is 42.2 Å². The number of rotatable bonds is 7. The molecular formula is C54H35NOS. The lowest BCUT2D eigenvalue weighted by Crippen LogP contribution is -2.12. The summed E-state index contributed by atoms with van der Waals surface area (Å²) in [6.07, 6.45) is 0. The van der Waals surface area contributed by atoms with E-state index in [2.05, 4.69) is 205 Å². The summed E-state index contributed by atoms with van der Waals surface area (Å²) in [6.45, 7) is 0. The van der Waals surface area contributed by atoms with Gasteiger partial charge >= 0.3 is 0 Å². The zero-order valence-corrected chi connectivity index (χ0v) is 31.8. The van der Waals surface area contributed by atoms with Gasteiger partial charge in [0.2, 0.25) is 0 Å². The molecule has 2 aromatic heterocycles. The van der Waals surface area contributed by atoms with Gasteiger partial charge in [-0.1, -0.05) is 158 Å². The normalized spacial score (nSPS) is 11.5. The number of thiophene rings is 1. The Morgan fingerprint density at radius 1 is 0.351 bits per heavy atom. The van der Waals surface area contributed by atoms with E-state index < -0.39 is 0 Å². The summed E-state index contributed by atoms with van der Waals surface area (Å²) >= 11 is 1.85. The molecule has 0 atom stereocenters. The predicted molar refractivity (Wildman–Crippen MR) is 243 cm³/mol. The second kappa shape index (κ2) is 13.8. The third-order valence-corrected chi connectivity index (χ3v) is 12.2. The molecule has 0 saturated carbocycles. The Morgan fingerprint density at radius 3 is 1.74 bits per heavy atom. The average Bonchev–Trinajstić information content (AvgIpc) is 3.86. The van der Waals surface area contributed by atoms with Gasteiger partial charge in [-0.3, -0.25) is 0 Å². The lowest BCUT2D eigenvalue weighted by atomic mass is 9.87. The Labute approximate surface area is 335 Å². The molecular weight excluding hydrogens is 711 g/mol. The molecule has 9 aromatic carbocycles. The number of fused-ring (bicyclic) bond motifs is 6. The molecule has 0 spiro atoms. The molecule has 0 N–H and O–H groups in total. The molecule has 0 unspecified atom stereocenters. The van der Waals surface area contributed by atoms with Crippen molar-refractivity contribution in [1.82, 2.24) is 0 Å². The van der Waals surface area contributed by atoms with Crippen molar-refractivity contribution in [3.63, 3.8) is 0 Å². The van der Waals surface area contributed by atoms with Crippen molar-refractivity contribution in [1.29, 1.82) is 0 Å². The minimum absolute atomic E-state index is 0.898. The molecule has 2 heterocycles. The first-order valence-corrected chi connectivity index (χ1v) is 20.2. The van der Waals surface area contributed by atoms with E-state index in [-0.39, 0.29) is 0 Å². The van der Waals surface area contributed by atoms with Gasteiger partial charge in [-0.2, -0.15) is 0 Å². The van der Waals surface area contributed by atoms with Gasteiger partial charge in [-0.25, -0.2) is 0 Å². The molecule has 3 heteroatoms. The van der Waals surface area contributed by atoms with Crippen LogP contribution in [-0.2, 0) is 0 Å². The van der Waals surface area contributed by atoms with E-state index in [4.69, 9.17) is 4.42 Å². The van der Waals surface area contributed by atoms with E-state index in [0.717, 1.165) is 50.1 Å². The van der Waals surface area contributed by atoms with Crippen molar-refractivity contribution in [2.45, 2.75) is 0 Å². The van der Waals surface area contributed by atoms with E-state index in [1.54, 1.807) is 0 Å². The molecule has 0 saturated heterocycles. The van der Waals surface area contributed by atoms with Crippen molar-refractivity contribution >= 4 is 70.5 Å². The van der Waals surface area contributed by atoms with Crippen LogP contribution in [0.3, 0.4) is 0 Å². The summed E-state index contributed by atoms with van der Waals surface area (Å²) in [6, 6.07) is 76.5. The van der Waals surface area contributed by atoms with E-state index in [1.165, 1.54) is 53.6 Å². The number of hydrogen-bond acceptors (Lipinski definition) is 3. The number of hydrogen-bond donors (Lipinski definition) is 0. The summed E-state index contributed by atoms with van der Waals surface area (Å²) in [4.78, 5) is 2.48. The minimum atomic E-state index is 0.898. The van der Waals surface area contributed by atoms with E-state index in [1.807, 2.05) is 23.5 Å². The molecule has 2 nitrogen and oxygen atoms in total. The highest BCUT2D eigenvalue weighted by Crippen LogP contribution is 2.51. The first-order chi connectivity index (χ1) is 28.3. The Kier molecular flexibility index (Phi) is 8.04. The van der Waals surface area contributed by atoms with Crippen LogP contribution < -0.4 is 4.90 Å². The van der Waals surface area contributed by atoms with Crippen LogP contribution in [0.4, 0.5) is 17.1 Å². The van der Waals surface area contributed by atoms with Crippen LogP contribution in [0.2, 0.25) is 0 Å². The standard InChI is InChI=1S/C54H35NOS/c1-3-15-37(16-4-1)41-19-7-8-21-45(41)53-42(38-17-5-2-6-18-38)23-13-24-47(53)55(48-25-14-28-52-54(48)46-22-10-12-27-51(46)57-52)40-32-29-36(30-33-40)39-31-34-44-43-20-9-11-26-49(43)56-50(44)35-39/h1-35H. The maximum Gasteiger partial charge on any atom is 0.136 e. The van der Waals surface area contributed by atoms with E-state index in [9.17, 15) is 0 Å². The zero-order valence-electron chi connectivity index (χ0n) is 31.0. The third-order valence-electron chi connectivity index (χ3n) is 11.1. The maximum atomic E-state index is 6.30. The fraction of sp³-hybridized carbons (Fsp3) is 0. The summed E-state index contributed by atoms with van der Waals surface area (Å²) < 4.78 is 8.84. The van der Waals surface area contributed by atoms with Crippen LogP contribution in [0.5, 0.6) is 0 Å². The first kappa shape index (κ1) is 33.2. The largest absolute Gasteiger partial charge is 0.456 e. The molecule has 11 aromatic rings. The predicted octanol–water partition coefficient (Wildman–Crippen LogP) is 16.1. The van der Waals surface area contributed by atoms with Crippen LogP contribution in [0.15, 0.2) is 217 Å². The molecule has 0 bridgehead atoms. The zero-order chi connectivity index (χ0) is 37.7. The van der Waals surface area contributed by atoms with Crippen LogP contribution in [-0.4, -0.2) is 0 Å². The Bertz CT molecular complexity index is 3230. The number of benzene rings is 9. The van der Waals surface area contributed by atoms with Crippen LogP contribution in [0.1, 0.15) is 0 Å². The number of para-hydroxylation sites is 1. The quantitative estimate of drug-likeness (QED) is 0.162. The number of anilines is 3. The molecule has 0 radical (unpaired) electrons. The second-order valence-corrected chi connectivity index (χ2v) is 15.5. The second-order valence-electron chi connectivity index (χ2n) is 14.4. The van der Waals surface area contributed by atoms with E-state index >= 15 is 0 Å². The third kappa shape index (κ3) is 5.71. The van der Waals surface area contributed by atoms with Crippen molar-refractivity contribution < 1.29 is 4.42 Å². The minimum Gasteiger partial charge on any atom is -0.456 e. The summed E-state index contributed by atoms with van der Waals surface area (Å²) in [5, 5.41) is 4.79. The van der Waals surface area contributed by atoms with Gasteiger partial charge in [0.25, 0.3) is 0 Å². The molecule has 57 heavy (non-hydrogen) atoms. The highest BCUT2D eigenvalue weighted by atomic mass is 32.1. The maximum absolute atomic E-state index is 6.30. The molecule has 0 amide bonds. The first-order valence-electron chi connectivity index (χ1n) is 19.3. The smallest absolute Gasteiger partial charge is 0.136 e. The van der Waals surface area contributed by atoms with Gasteiger partial charge in [0.1, 0.15) is 11.2 Å². The molecule has 0 aliphatic rings. The fourth-order valence-corrected chi connectivity index (χ4v) is 9.62. The number of furan rings is 1. The van der Waals surface area contributed by atoms with Crippen molar-refractivity contribution in [2.24, 2.45) is 0 Å². The number of nitrogens with zero attached hydrogens (tertiary/aromatic N) is 1. The topological polar surface area (TPSA) is 16.4 Å². The van der Waals surface area contributed by atoms with Crippen molar-refractivity contribution in [2.75, 3.05) is 4.90 Å². The lowest BCUT2D eigenvalue weighted by Gasteiger charge is -2.30. The SMILES string of the molecule is c1ccc(-c2ccccc2-c2c(-c3ccccc3)cccc2N(c2ccc(-c3ccc4c(c3)oc3ccccc34)cc2)c2cccc3sc4ccccc4c23)cc1. The fourth-order valence-electron chi connectivity index (χ4n) is 8.50. The molecule has 0 aliphatic carbocycles. The summed E-state index contributed by atoms with van der Waals surface area (Å²) in [5.41, 5.74) is 14.5. The Hall–Kier alpha value is -7.20. The van der Waals surface area contributed by atoms with Gasteiger partial charge in [-0.15, -0.1) is 11.3 Å². The molecule has 11 rings (SSSR count). The molecule has 268 valence electrons. The van der Waals surface area contributed by atoms with Gasteiger partial charge < -0.3 is 9.32 Å². The highest BCUT2D eigenvalue weighted by molar-refractivity contribution is 7.26. The van der Waals surface area contributed by atoms with Crippen LogP contribution in [0, 0.1) is 0 Å². The van der Waals surface area contributed by atoms with Crippen molar-refractivity contribution in [3.05, 3.63) is 212 Å². The van der Waals surface area contributed by atoms with Gasteiger partial charge in [-0.05, 0) is 93.5 Å². The van der Waals surface area contributed by atoms with Gasteiger partial charge in [0.15, 0.2) is 0 Å². The van der Waals surface area contributed by atoms with Crippen LogP contribution in [0.25, 0.3) is 86.6 Å². The van der Waals surface area contributed by atoms with E-state index in [0.29, 0.717) is 0 Å². The van der Waals surface area contributed by atoms with Crippen molar-refractivity contribution in [3.8, 4) is 44.5 Å². The monoisotopic (exact) mass is 745 g/mol. The molecule has 0 aliphatic heterocycles. The summed E-state index contributed by atoms with van der Waals surface area (Å²) in [5.74, 6) is 0. The Morgan fingerprint density at radius 2 is 0.930 bits per heavy atom. The average molecular weight is 746 g/mol. The molecule has 0 fully saturated rings. The Balaban J connectivity index is 1.16. The lowest BCUT2D eigenvalue weighted by molar-refractivity contribution is 0.669. The highest BCUT2D eigenvalue weighted by Gasteiger charge is 2.25. The summed E-state index contributed by atoms with van der Waals surface area (Å²) in [7, 11) is 0.